The average molecular weight is 571 g/mol. The average Bonchev–Trinajstić information content (AvgIpc) is 2.97. The molecule has 4 rings (SSSR count). The highest BCUT2D eigenvalue weighted by Gasteiger charge is 2.32. The second kappa shape index (κ2) is 13.8. The summed E-state index contributed by atoms with van der Waals surface area (Å²) < 4.78 is 29.1. The molecule has 2 N–H and O–H groups in total. The fourth-order valence-electron chi connectivity index (χ4n) is 4.59. The molecular formula is C34H38N2O6. The maximum atomic E-state index is 12.8. The Labute approximate surface area is 247 Å². The number of carbonyl (C=O) groups is 1. The van der Waals surface area contributed by atoms with Crippen LogP contribution in [0.4, 0.5) is 0 Å². The monoisotopic (exact) mass is 570 g/mol. The number of nitrogens with zero attached hydrogens (tertiary/aromatic N) is 1. The maximum absolute atomic E-state index is 12.8. The molecule has 0 fully saturated rings. The molecule has 3 aromatic carbocycles. The van der Waals surface area contributed by atoms with Gasteiger partial charge in [-0.15, -0.1) is 0 Å². The van der Waals surface area contributed by atoms with Crippen LogP contribution < -0.4 is 29.4 Å². The van der Waals surface area contributed by atoms with Crippen molar-refractivity contribution in [2.24, 2.45) is 11.7 Å². The molecule has 2 atom stereocenters. The standard InChI is InChI=1S/C34H38N2O6/c1-6-23-8-11-25(12-9-23)40-22(5)34(37)41-26-13-14-27-30(19-26)42-33(36)28(20-35)32(27)24-10-15-29(31(18-24)38-7-2)39-17-16-21(3)4/h8-15,18-19,21-22,32H,6-7,16-17,36H2,1-5H3. The van der Waals surface area contributed by atoms with Crippen molar-refractivity contribution in [3.05, 3.63) is 88.8 Å². The van der Waals surface area contributed by atoms with E-state index in [2.05, 4.69) is 26.8 Å². The van der Waals surface area contributed by atoms with E-state index >= 15 is 0 Å². The van der Waals surface area contributed by atoms with Crippen molar-refractivity contribution in [1.29, 1.82) is 5.26 Å². The third kappa shape index (κ3) is 7.16. The smallest absolute Gasteiger partial charge is 0.352 e. The summed E-state index contributed by atoms with van der Waals surface area (Å²) in [6, 6.07) is 20.5. The summed E-state index contributed by atoms with van der Waals surface area (Å²) in [5.41, 5.74) is 9.16. The Bertz CT molecular complexity index is 1470. The van der Waals surface area contributed by atoms with Crippen molar-refractivity contribution in [3.8, 4) is 34.8 Å². The molecule has 0 saturated heterocycles. The topological polar surface area (TPSA) is 113 Å². The second-order valence-corrected chi connectivity index (χ2v) is 10.5. The number of nitrogens with two attached hydrogens (primary N) is 1. The fraction of sp³-hybridized carbons (Fsp3) is 0.353. The van der Waals surface area contributed by atoms with Gasteiger partial charge in [0.2, 0.25) is 5.88 Å². The van der Waals surface area contributed by atoms with E-state index in [-0.39, 0.29) is 17.2 Å². The normalized spacial score (nSPS) is 14.8. The van der Waals surface area contributed by atoms with E-state index in [1.807, 2.05) is 49.4 Å². The number of aryl methyl sites for hydroxylation is 1. The predicted molar refractivity (Wildman–Crippen MR) is 160 cm³/mol. The first-order chi connectivity index (χ1) is 20.2. The van der Waals surface area contributed by atoms with E-state index in [1.165, 1.54) is 5.56 Å². The van der Waals surface area contributed by atoms with Crippen LogP contribution in [0.25, 0.3) is 0 Å². The highest BCUT2D eigenvalue weighted by Crippen LogP contribution is 2.45. The van der Waals surface area contributed by atoms with Crippen LogP contribution in [-0.4, -0.2) is 25.3 Å². The van der Waals surface area contributed by atoms with Crippen molar-refractivity contribution in [2.45, 2.75) is 59.5 Å². The third-order valence-corrected chi connectivity index (χ3v) is 6.94. The Balaban J connectivity index is 1.57. The number of esters is 1. The van der Waals surface area contributed by atoms with Gasteiger partial charge < -0.3 is 29.4 Å². The minimum absolute atomic E-state index is 0.0130. The van der Waals surface area contributed by atoms with Crippen LogP contribution in [0.3, 0.4) is 0 Å². The van der Waals surface area contributed by atoms with Gasteiger partial charge in [0.1, 0.15) is 28.9 Å². The Hall–Kier alpha value is -4.64. The quantitative estimate of drug-likeness (QED) is 0.190. The third-order valence-electron chi connectivity index (χ3n) is 6.94. The molecule has 0 bridgehead atoms. The minimum atomic E-state index is -0.837. The van der Waals surface area contributed by atoms with Crippen LogP contribution in [0.1, 0.15) is 63.6 Å². The summed E-state index contributed by atoms with van der Waals surface area (Å²) in [5.74, 6) is 1.91. The minimum Gasteiger partial charge on any atom is -0.490 e. The molecule has 1 aliphatic rings. The number of hydrogen-bond donors (Lipinski definition) is 1. The lowest BCUT2D eigenvalue weighted by atomic mass is 9.83. The van der Waals surface area contributed by atoms with Crippen molar-refractivity contribution >= 4 is 5.97 Å². The highest BCUT2D eigenvalue weighted by molar-refractivity contribution is 5.77. The zero-order valence-electron chi connectivity index (χ0n) is 24.8. The van der Waals surface area contributed by atoms with Gasteiger partial charge in [-0.1, -0.05) is 45.0 Å². The first-order valence-electron chi connectivity index (χ1n) is 14.3. The summed E-state index contributed by atoms with van der Waals surface area (Å²) in [5, 5.41) is 9.99. The van der Waals surface area contributed by atoms with Crippen LogP contribution in [0.15, 0.2) is 72.1 Å². The van der Waals surface area contributed by atoms with Gasteiger partial charge >= 0.3 is 5.97 Å². The van der Waals surface area contributed by atoms with Gasteiger partial charge in [-0.3, -0.25) is 0 Å². The van der Waals surface area contributed by atoms with E-state index < -0.39 is 18.0 Å². The molecule has 1 aliphatic heterocycles. The van der Waals surface area contributed by atoms with E-state index in [4.69, 9.17) is 29.4 Å². The number of fused-ring (bicyclic) bond motifs is 1. The van der Waals surface area contributed by atoms with Crippen molar-refractivity contribution in [3.63, 3.8) is 0 Å². The van der Waals surface area contributed by atoms with Gasteiger partial charge in [0.15, 0.2) is 17.6 Å². The van der Waals surface area contributed by atoms with Crippen molar-refractivity contribution in [2.75, 3.05) is 13.2 Å². The molecule has 0 amide bonds. The van der Waals surface area contributed by atoms with Crippen molar-refractivity contribution < 1.29 is 28.5 Å². The van der Waals surface area contributed by atoms with Crippen LogP contribution in [0.2, 0.25) is 0 Å². The van der Waals surface area contributed by atoms with Gasteiger partial charge in [-0.2, -0.15) is 5.26 Å². The Morgan fingerprint density at radius 2 is 1.71 bits per heavy atom. The Kier molecular flexibility index (Phi) is 9.98. The van der Waals surface area contributed by atoms with E-state index in [0.29, 0.717) is 47.7 Å². The van der Waals surface area contributed by atoms with Gasteiger partial charge in [0.05, 0.1) is 19.1 Å². The first kappa shape index (κ1) is 30.3. The van der Waals surface area contributed by atoms with Gasteiger partial charge in [0, 0.05) is 11.6 Å². The lowest BCUT2D eigenvalue weighted by molar-refractivity contribution is -0.141. The second-order valence-electron chi connectivity index (χ2n) is 10.5. The molecule has 0 spiro atoms. The van der Waals surface area contributed by atoms with Gasteiger partial charge in [-0.05, 0) is 74.1 Å². The molecule has 220 valence electrons. The van der Waals surface area contributed by atoms with Crippen LogP contribution >= 0.6 is 0 Å². The predicted octanol–water partition coefficient (Wildman–Crippen LogP) is 6.66. The molecular weight excluding hydrogens is 532 g/mol. The number of hydrogen-bond acceptors (Lipinski definition) is 8. The van der Waals surface area contributed by atoms with Gasteiger partial charge in [-0.25, -0.2) is 4.79 Å². The summed E-state index contributed by atoms with van der Waals surface area (Å²) in [6.45, 7) is 10.9. The Morgan fingerprint density at radius 3 is 2.38 bits per heavy atom. The highest BCUT2D eigenvalue weighted by atomic mass is 16.6. The lowest BCUT2D eigenvalue weighted by Crippen LogP contribution is -2.28. The summed E-state index contributed by atoms with van der Waals surface area (Å²) in [4.78, 5) is 12.8. The zero-order valence-corrected chi connectivity index (χ0v) is 24.8. The van der Waals surface area contributed by atoms with E-state index in [9.17, 15) is 10.1 Å². The molecule has 8 heteroatoms. The number of allylic oxidation sites excluding steroid dienone is 1. The number of nitriles is 1. The van der Waals surface area contributed by atoms with Crippen molar-refractivity contribution in [1.82, 2.24) is 0 Å². The van der Waals surface area contributed by atoms with E-state index in [1.54, 1.807) is 25.1 Å². The molecule has 0 radical (unpaired) electrons. The lowest BCUT2D eigenvalue weighted by Gasteiger charge is -2.27. The van der Waals surface area contributed by atoms with Crippen LogP contribution in [0.5, 0.6) is 28.7 Å². The molecule has 3 aromatic rings. The number of carbonyl (C=O) groups excluding carboxylic acids is 1. The SMILES string of the molecule is CCOc1cc(C2C(C#N)=C(N)Oc3cc(OC(=O)C(C)Oc4ccc(CC)cc4)ccc32)ccc1OCCC(C)C. The molecule has 0 saturated carbocycles. The summed E-state index contributed by atoms with van der Waals surface area (Å²) >= 11 is 0. The molecule has 42 heavy (non-hydrogen) atoms. The first-order valence-corrected chi connectivity index (χ1v) is 14.3. The van der Waals surface area contributed by atoms with Crippen LogP contribution in [-0.2, 0) is 11.2 Å². The molecule has 0 aromatic heterocycles. The molecule has 1 heterocycles. The van der Waals surface area contributed by atoms with Crippen LogP contribution in [0, 0.1) is 17.2 Å². The Morgan fingerprint density at radius 1 is 0.976 bits per heavy atom. The molecule has 2 unspecified atom stereocenters. The number of benzene rings is 3. The largest absolute Gasteiger partial charge is 0.490 e. The van der Waals surface area contributed by atoms with Gasteiger partial charge in [0.25, 0.3) is 0 Å². The molecule has 0 aliphatic carbocycles. The number of rotatable bonds is 12. The van der Waals surface area contributed by atoms with E-state index in [0.717, 1.165) is 18.4 Å². The fourth-order valence-corrected chi connectivity index (χ4v) is 4.59. The summed E-state index contributed by atoms with van der Waals surface area (Å²) in [7, 11) is 0. The summed E-state index contributed by atoms with van der Waals surface area (Å²) in [6.07, 6.45) is 0.999. The maximum Gasteiger partial charge on any atom is 0.352 e. The number of ether oxygens (including phenoxy) is 5. The molecule has 8 nitrogen and oxygen atoms in total. The zero-order chi connectivity index (χ0) is 30.2.